The number of amides is 2. The molecule has 0 radical (unpaired) electrons. The minimum atomic E-state index is 0.131. The summed E-state index contributed by atoms with van der Waals surface area (Å²) in [4.78, 5) is 25.9. The zero-order chi connectivity index (χ0) is 20.0. The molecule has 2 saturated heterocycles. The first-order valence-electron chi connectivity index (χ1n) is 10.7. The first-order chi connectivity index (χ1) is 14.1. The van der Waals surface area contributed by atoms with Crippen molar-refractivity contribution in [3.05, 3.63) is 29.8 Å². The number of aryl methyl sites for hydroxylation is 2. The third-order valence-electron chi connectivity index (χ3n) is 6.65. The number of rotatable bonds is 3. The average molecular weight is 396 g/mol. The summed E-state index contributed by atoms with van der Waals surface area (Å²) in [5, 5.41) is 7.76. The van der Waals surface area contributed by atoms with Crippen molar-refractivity contribution in [1.82, 2.24) is 30.0 Å². The quantitative estimate of drug-likeness (QED) is 0.863. The zero-order valence-corrected chi connectivity index (χ0v) is 17.2. The number of nitrogens with one attached hydrogen (secondary N) is 1. The Hall–Kier alpha value is -2.64. The molecule has 8 heteroatoms. The second-order valence-electron chi connectivity index (χ2n) is 8.83. The molecule has 154 valence electrons. The van der Waals surface area contributed by atoms with Crippen molar-refractivity contribution in [2.75, 3.05) is 31.1 Å². The Balaban J connectivity index is 1.23. The lowest BCUT2D eigenvalue weighted by Gasteiger charge is -2.24. The fraction of sp³-hybridized carbons (Fsp3) is 0.619. The normalized spacial score (nSPS) is 24.3. The van der Waals surface area contributed by atoms with E-state index in [2.05, 4.69) is 25.3 Å². The predicted octanol–water partition coefficient (Wildman–Crippen LogP) is 2.30. The fourth-order valence-electron chi connectivity index (χ4n) is 5.17. The van der Waals surface area contributed by atoms with E-state index in [1.54, 1.807) is 6.33 Å². The lowest BCUT2D eigenvalue weighted by molar-refractivity contribution is 0.201. The molecule has 3 fully saturated rings. The van der Waals surface area contributed by atoms with Crippen LogP contribution in [0, 0.1) is 25.7 Å². The Labute approximate surface area is 171 Å². The highest BCUT2D eigenvalue weighted by atomic mass is 16.2. The Morgan fingerprint density at radius 3 is 2.34 bits per heavy atom. The van der Waals surface area contributed by atoms with E-state index in [1.807, 2.05) is 35.6 Å². The highest BCUT2D eigenvalue weighted by Gasteiger charge is 2.42. The molecule has 2 amide bonds. The third kappa shape index (κ3) is 3.56. The number of hydrogen-bond acceptors (Lipinski definition) is 5. The number of fused-ring (bicyclic) bond motifs is 1. The zero-order valence-electron chi connectivity index (χ0n) is 17.2. The summed E-state index contributed by atoms with van der Waals surface area (Å²) in [5.74, 6) is 2.77. The van der Waals surface area contributed by atoms with Crippen LogP contribution < -0.4 is 10.2 Å². The van der Waals surface area contributed by atoms with E-state index >= 15 is 0 Å². The highest BCUT2D eigenvalue weighted by molar-refractivity contribution is 5.75. The molecule has 2 atom stereocenters. The molecule has 0 spiro atoms. The minimum absolute atomic E-state index is 0.131. The number of carbonyl (C=O) groups is 1. The van der Waals surface area contributed by atoms with Gasteiger partial charge in [-0.3, -0.25) is 0 Å². The largest absolute Gasteiger partial charge is 0.356 e. The van der Waals surface area contributed by atoms with E-state index in [1.165, 1.54) is 12.8 Å². The van der Waals surface area contributed by atoms with Gasteiger partial charge in [0, 0.05) is 55.8 Å². The summed E-state index contributed by atoms with van der Waals surface area (Å²) in [6.45, 7) is 7.58. The van der Waals surface area contributed by atoms with Gasteiger partial charge in [0.25, 0.3) is 0 Å². The molecule has 1 saturated carbocycles. The van der Waals surface area contributed by atoms with Crippen LogP contribution in [0.4, 0.5) is 10.6 Å². The Kier molecular flexibility index (Phi) is 4.64. The van der Waals surface area contributed by atoms with Crippen molar-refractivity contribution in [3.63, 3.8) is 0 Å². The molecule has 2 aromatic heterocycles. The number of anilines is 1. The van der Waals surface area contributed by atoms with Crippen LogP contribution in [0.5, 0.6) is 0 Å². The van der Waals surface area contributed by atoms with Crippen LogP contribution in [-0.2, 0) is 0 Å². The number of likely N-dealkylation sites (tertiary alicyclic amines) is 1. The van der Waals surface area contributed by atoms with Crippen LogP contribution in [0.1, 0.15) is 37.1 Å². The first-order valence-corrected chi connectivity index (χ1v) is 10.7. The van der Waals surface area contributed by atoms with Gasteiger partial charge in [0.1, 0.15) is 12.1 Å². The monoisotopic (exact) mass is 395 g/mol. The van der Waals surface area contributed by atoms with Gasteiger partial charge in [-0.05, 0) is 32.8 Å². The van der Waals surface area contributed by atoms with Gasteiger partial charge in [-0.25, -0.2) is 19.4 Å². The van der Waals surface area contributed by atoms with Crippen molar-refractivity contribution in [3.8, 4) is 5.82 Å². The molecule has 29 heavy (non-hydrogen) atoms. The first kappa shape index (κ1) is 18.4. The summed E-state index contributed by atoms with van der Waals surface area (Å²) >= 11 is 0. The molecule has 2 unspecified atom stereocenters. The van der Waals surface area contributed by atoms with Crippen LogP contribution in [0.3, 0.4) is 0 Å². The van der Waals surface area contributed by atoms with Crippen molar-refractivity contribution in [2.45, 2.75) is 45.6 Å². The molecular formula is C21H29N7O. The Morgan fingerprint density at radius 1 is 1.00 bits per heavy atom. The van der Waals surface area contributed by atoms with Crippen LogP contribution in [-0.4, -0.2) is 62.9 Å². The van der Waals surface area contributed by atoms with E-state index in [-0.39, 0.29) is 6.03 Å². The van der Waals surface area contributed by atoms with Crippen molar-refractivity contribution < 1.29 is 4.79 Å². The van der Waals surface area contributed by atoms with Crippen molar-refractivity contribution >= 4 is 11.8 Å². The average Bonchev–Trinajstić information content (AvgIpc) is 3.45. The van der Waals surface area contributed by atoms with Crippen LogP contribution in [0.25, 0.3) is 5.82 Å². The molecule has 0 bridgehead atoms. The van der Waals surface area contributed by atoms with Gasteiger partial charge in [-0.1, -0.05) is 12.8 Å². The van der Waals surface area contributed by atoms with Gasteiger partial charge in [0.15, 0.2) is 5.82 Å². The van der Waals surface area contributed by atoms with E-state index < -0.39 is 0 Å². The SMILES string of the molecule is Cc1cc(C)n(-c2cc(N3CC4CN(C(=O)NC5CCCC5)CC4C3)ncn2)n1. The summed E-state index contributed by atoms with van der Waals surface area (Å²) in [6, 6.07) is 4.58. The Morgan fingerprint density at radius 2 is 1.69 bits per heavy atom. The van der Waals surface area contributed by atoms with Crippen LogP contribution in [0.2, 0.25) is 0 Å². The summed E-state index contributed by atoms with van der Waals surface area (Å²) in [7, 11) is 0. The summed E-state index contributed by atoms with van der Waals surface area (Å²) in [6.07, 6.45) is 6.36. The van der Waals surface area contributed by atoms with Crippen LogP contribution in [0.15, 0.2) is 18.5 Å². The van der Waals surface area contributed by atoms with Gasteiger partial charge in [-0.2, -0.15) is 5.10 Å². The second kappa shape index (κ2) is 7.31. The van der Waals surface area contributed by atoms with Crippen molar-refractivity contribution in [2.24, 2.45) is 11.8 Å². The van der Waals surface area contributed by atoms with Gasteiger partial charge >= 0.3 is 6.03 Å². The molecular weight excluding hydrogens is 366 g/mol. The molecule has 4 heterocycles. The van der Waals surface area contributed by atoms with Gasteiger partial charge in [-0.15, -0.1) is 0 Å². The van der Waals surface area contributed by atoms with E-state index in [0.29, 0.717) is 17.9 Å². The Bertz CT molecular complexity index is 890. The van der Waals surface area contributed by atoms with Gasteiger partial charge in [0.2, 0.25) is 0 Å². The summed E-state index contributed by atoms with van der Waals surface area (Å²) in [5.41, 5.74) is 2.05. The molecule has 2 aliphatic heterocycles. The number of urea groups is 1. The third-order valence-corrected chi connectivity index (χ3v) is 6.65. The standard InChI is InChI=1S/C21H29N7O/c1-14-7-15(2)28(25-14)20-8-19(22-13-23-20)26-9-16-11-27(12-17(16)10-26)21(29)24-18-5-3-4-6-18/h7-8,13,16-18H,3-6,9-12H2,1-2H3,(H,24,29). The van der Waals surface area contributed by atoms with Crippen molar-refractivity contribution in [1.29, 1.82) is 0 Å². The second-order valence-corrected chi connectivity index (χ2v) is 8.83. The lowest BCUT2D eigenvalue weighted by Crippen LogP contribution is -2.44. The maximum atomic E-state index is 12.6. The molecule has 0 aromatic carbocycles. The van der Waals surface area contributed by atoms with E-state index in [9.17, 15) is 4.79 Å². The van der Waals surface area contributed by atoms with E-state index in [0.717, 1.165) is 62.0 Å². The van der Waals surface area contributed by atoms with Gasteiger partial charge < -0.3 is 15.1 Å². The number of aromatic nitrogens is 4. The minimum Gasteiger partial charge on any atom is -0.356 e. The predicted molar refractivity (Wildman–Crippen MR) is 110 cm³/mol. The van der Waals surface area contributed by atoms with Gasteiger partial charge in [0.05, 0.1) is 5.69 Å². The fourth-order valence-corrected chi connectivity index (χ4v) is 5.17. The molecule has 8 nitrogen and oxygen atoms in total. The van der Waals surface area contributed by atoms with Crippen LogP contribution >= 0.6 is 0 Å². The highest BCUT2D eigenvalue weighted by Crippen LogP contribution is 2.33. The number of nitrogens with zero attached hydrogens (tertiary/aromatic N) is 6. The lowest BCUT2D eigenvalue weighted by atomic mass is 10.0. The topological polar surface area (TPSA) is 79.2 Å². The number of hydrogen-bond donors (Lipinski definition) is 1. The molecule has 1 N–H and O–H groups in total. The maximum absolute atomic E-state index is 12.6. The smallest absolute Gasteiger partial charge is 0.317 e. The summed E-state index contributed by atoms with van der Waals surface area (Å²) < 4.78 is 1.87. The number of carbonyl (C=O) groups excluding carboxylic acids is 1. The molecule has 5 rings (SSSR count). The molecule has 2 aromatic rings. The molecule has 1 aliphatic carbocycles. The van der Waals surface area contributed by atoms with E-state index in [4.69, 9.17) is 0 Å². The maximum Gasteiger partial charge on any atom is 0.317 e. The molecule has 3 aliphatic rings.